The summed E-state index contributed by atoms with van der Waals surface area (Å²) in [7, 11) is -3.71. The maximum atomic E-state index is 12.8. The van der Waals surface area contributed by atoms with E-state index in [0.29, 0.717) is 28.7 Å². The third kappa shape index (κ3) is 4.62. The number of hydrogen-bond donors (Lipinski definition) is 1. The fourth-order valence-electron chi connectivity index (χ4n) is 3.18. The topological polar surface area (TPSA) is 99.0 Å². The molecule has 0 saturated heterocycles. The minimum absolute atomic E-state index is 0.267. The van der Waals surface area contributed by atoms with E-state index in [1.807, 2.05) is 32.9 Å². The minimum atomic E-state index is -3.71. The Balaban J connectivity index is 1.46. The van der Waals surface area contributed by atoms with Crippen LogP contribution in [0.2, 0.25) is 0 Å². The molecule has 164 valence electrons. The normalized spacial score (nSPS) is 11.4. The van der Waals surface area contributed by atoms with Crippen LogP contribution in [0, 0.1) is 27.7 Å². The highest BCUT2D eigenvalue weighted by atomic mass is 32.2. The first-order chi connectivity index (χ1) is 15.2. The Morgan fingerprint density at radius 2 is 1.56 bits per heavy atom. The van der Waals surface area contributed by atoms with Crippen molar-refractivity contribution in [2.75, 3.05) is 4.72 Å². The molecule has 32 heavy (non-hydrogen) atoms. The van der Waals surface area contributed by atoms with Gasteiger partial charge < -0.3 is 4.74 Å². The fourth-order valence-corrected chi connectivity index (χ4v) is 4.55. The van der Waals surface area contributed by atoms with Crippen molar-refractivity contribution in [1.82, 2.24) is 20.0 Å². The molecule has 0 aliphatic carbocycles. The quantitative estimate of drug-likeness (QED) is 0.466. The predicted molar refractivity (Wildman–Crippen MR) is 122 cm³/mol. The molecule has 8 nitrogen and oxygen atoms in total. The van der Waals surface area contributed by atoms with E-state index < -0.39 is 10.0 Å². The Hall–Kier alpha value is -3.72. The van der Waals surface area contributed by atoms with E-state index in [-0.39, 0.29) is 4.90 Å². The Morgan fingerprint density at radius 3 is 2.19 bits per heavy atom. The second-order valence-electron chi connectivity index (χ2n) is 7.57. The fraction of sp³-hybridized carbons (Fsp3) is 0.174. The van der Waals surface area contributed by atoms with Gasteiger partial charge in [-0.15, -0.1) is 10.2 Å². The van der Waals surface area contributed by atoms with Gasteiger partial charge in [0.15, 0.2) is 5.82 Å². The van der Waals surface area contributed by atoms with Crippen LogP contribution in [0.5, 0.6) is 11.6 Å². The lowest BCUT2D eigenvalue weighted by Crippen LogP contribution is -2.14. The van der Waals surface area contributed by atoms with E-state index in [1.54, 1.807) is 60.3 Å². The maximum Gasteiger partial charge on any atom is 0.262 e. The summed E-state index contributed by atoms with van der Waals surface area (Å²) < 4.78 is 35.6. The number of rotatable bonds is 6. The molecule has 1 N–H and O–H groups in total. The first kappa shape index (κ1) is 21.5. The molecule has 0 spiro atoms. The maximum absolute atomic E-state index is 12.8. The monoisotopic (exact) mass is 449 g/mol. The standard InChI is InChI=1S/C23H23N5O3S/c1-15-13-17(3)21(14-16(15)2)32(29,30)27-19-5-7-20(8-6-19)31-23-10-9-22(24-25-23)28-12-11-18(4)26-28/h5-14,27H,1-4H3. The average molecular weight is 450 g/mol. The minimum Gasteiger partial charge on any atom is -0.438 e. The Kier molecular flexibility index (Phi) is 5.67. The summed E-state index contributed by atoms with van der Waals surface area (Å²) in [5.41, 5.74) is 4.00. The summed E-state index contributed by atoms with van der Waals surface area (Å²) in [5.74, 6) is 1.40. The van der Waals surface area contributed by atoms with Crippen LogP contribution in [0.3, 0.4) is 0 Å². The van der Waals surface area contributed by atoms with Gasteiger partial charge in [0.1, 0.15) is 5.75 Å². The van der Waals surface area contributed by atoms with Gasteiger partial charge in [-0.2, -0.15) is 5.10 Å². The van der Waals surface area contributed by atoms with Gasteiger partial charge in [0.25, 0.3) is 10.0 Å². The van der Waals surface area contributed by atoms with Crippen LogP contribution in [-0.4, -0.2) is 28.4 Å². The van der Waals surface area contributed by atoms with Gasteiger partial charge in [-0.1, -0.05) is 6.07 Å². The van der Waals surface area contributed by atoms with E-state index in [4.69, 9.17) is 4.74 Å². The molecule has 0 radical (unpaired) electrons. The van der Waals surface area contributed by atoms with Crippen LogP contribution in [-0.2, 0) is 10.0 Å². The van der Waals surface area contributed by atoms with E-state index in [0.717, 1.165) is 16.8 Å². The summed E-state index contributed by atoms with van der Waals surface area (Å²) in [6, 6.07) is 15.5. The molecular formula is C23H23N5O3S. The lowest BCUT2D eigenvalue weighted by molar-refractivity contribution is 0.454. The van der Waals surface area contributed by atoms with Crippen molar-refractivity contribution in [3.63, 3.8) is 0 Å². The van der Waals surface area contributed by atoms with E-state index in [9.17, 15) is 8.42 Å². The van der Waals surface area contributed by atoms with E-state index >= 15 is 0 Å². The molecule has 0 aliphatic heterocycles. The van der Waals surface area contributed by atoms with E-state index in [2.05, 4.69) is 20.0 Å². The molecule has 9 heteroatoms. The molecule has 0 atom stereocenters. The molecule has 0 unspecified atom stereocenters. The summed E-state index contributed by atoms with van der Waals surface area (Å²) in [6.45, 7) is 7.54. The van der Waals surface area contributed by atoms with Crippen molar-refractivity contribution in [3.05, 3.63) is 83.2 Å². The highest BCUT2D eigenvalue weighted by Crippen LogP contribution is 2.25. The Labute approximate surface area is 187 Å². The molecular weight excluding hydrogens is 426 g/mol. The smallest absolute Gasteiger partial charge is 0.262 e. The number of anilines is 1. The lowest BCUT2D eigenvalue weighted by Gasteiger charge is -2.13. The molecule has 0 aliphatic rings. The highest BCUT2D eigenvalue weighted by molar-refractivity contribution is 7.92. The number of aromatic nitrogens is 4. The number of sulfonamides is 1. The molecule has 0 bridgehead atoms. The van der Waals surface area contributed by atoms with Crippen LogP contribution in [0.4, 0.5) is 5.69 Å². The Bertz CT molecular complexity index is 1360. The second-order valence-corrected chi connectivity index (χ2v) is 9.22. The van der Waals surface area contributed by atoms with E-state index in [1.165, 1.54) is 0 Å². The zero-order chi connectivity index (χ0) is 22.9. The molecule has 2 aromatic heterocycles. The van der Waals surface area contributed by atoms with Gasteiger partial charge in [0.05, 0.1) is 10.6 Å². The summed E-state index contributed by atoms with van der Waals surface area (Å²) in [5, 5.41) is 12.5. The van der Waals surface area contributed by atoms with Crippen molar-refractivity contribution in [1.29, 1.82) is 0 Å². The third-order valence-electron chi connectivity index (χ3n) is 4.99. The number of nitrogens with zero attached hydrogens (tertiary/aromatic N) is 4. The van der Waals surface area contributed by atoms with Crippen LogP contribution in [0.25, 0.3) is 5.82 Å². The molecule has 2 aromatic carbocycles. The van der Waals surface area contributed by atoms with Gasteiger partial charge in [0.2, 0.25) is 5.88 Å². The van der Waals surface area contributed by atoms with Crippen molar-refractivity contribution in [3.8, 4) is 17.4 Å². The Morgan fingerprint density at radius 1 is 0.844 bits per heavy atom. The third-order valence-corrected chi connectivity index (χ3v) is 6.52. The number of ether oxygens (including phenoxy) is 1. The zero-order valence-corrected chi connectivity index (χ0v) is 19.0. The first-order valence-corrected chi connectivity index (χ1v) is 11.4. The van der Waals surface area contributed by atoms with Gasteiger partial charge in [-0.3, -0.25) is 4.72 Å². The molecule has 2 heterocycles. The number of nitrogens with one attached hydrogen (secondary N) is 1. The van der Waals surface area contributed by atoms with Crippen LogP contribution in [0.1, 0.15) is 22.4 Å². The second kappa shape index (κ2) is 8.43. The van der Waals surface area contributed by atoms with Crippen LogP contribution in [0.15, 0.2) is 65.7 Å². The summed E-state index contributed by atoms with van der Waals surface area (Å²) in [6.07, 6.45) is 1.80. The van der Waals surface area contributed by atoms with Gasteiger partial charge >= 0.3 is 0 Å². The largest absolute Gasteiger partial charge is 0.438 e. The molecule has 4 aromatic rings. The lowest BCUT2D eigenvalue weighted by atomic mass is 10.1. The molecule has 0 amide bonds. The van der Waals surface area contributed by atoms with Crippen molar-refractivity contribution >= 4 is 15.7 Å². The average Bonchev–Trinajstić information content (AvgIpc) is 3.18. The highest BCUT2D eigenvalue weighted by Gasteiger charge is 2.18. The van der Waals surface area contributed by atoms with Gasteiger partial charge in [0, 0.05) is 18.0 Å². The van der Waals surface area contributed by atoms with Gasteiger partial charge in [-0.05, 0) is 86.8 Å². The number of hydrogen-bond acceptors (Lipinski definition) is 6. The van der Waals surface area contributed by atoms with Gasteiger partial charge in [-0.25, -0.2) is 13.1 Å². The molecule has 0 saturated carbocycles. The van der Waals surface area contributed by atoms with Crippen molar-refractivity contribution in [2.24, 2.45) is 0 Å². The summed E-state index contributed by atoms with van der Waals surface area (Å²) in [4.78, 5) is 0.267. The molecule has 0 fully saturated rings. The van der Waals surface area contributed by atoms with Crippen LogP contribution >= 0.6 is 0 Å². The van der Waals surface area contributed by atoms with Crippen molar-refractivity contribution < 1.29 is 13.2 Å². The number of aryl methyl sites for hydroxylation is 4. The number of benzene rings is 2. The van der Waals surface area contributed by atoms with Crippen molar-refractivity contribution in [2.45, 2.75) is 32.6 Å². The SMILES string of the molecule is Cc1ccn(-c2ccc(Oc3ccc(NS(=O)(=O)c4cc(C)c(C)cc4C)cc3)nn2)n1. The zero-order valence-electron chi connectivity index (χ0n) is 18.2. The first-order valence-electron chi connectivity index (χ1n) is 9.96. The molecule has 4 rings (SSSR count). The van der Waals surface area contributed by atoms with Crippen LogP contribution < -0.4 is 9.46 Å². The summed E-state index contributed by atoms with van der Waals surface area (Å²) >= 11 is 0. The predicted octanol–water partition coefficient (Wildman–Crippen LogP) is 4.49.